The number of pyridine rings is 1. The van der Waals surface area contributed by atoms with Gasteiger partial charge in [-0.3, -0.25) is 9.69 Å². The molecule has 1 saturated carbocycles. The molecule has 1 atom stereocenters. The van der Waals surface area contributed by atoms with Gasteiger partial charge in [0.05, 0.1) is 27.4 Å². The van der Waals surface area contributed by atoms with Crippen LogP contribution in [0.2, 0.25) is 0 Å². The van der Waals surface area contributed by atoms with Crippen LogP contribution in [-0.4, -0.2) is 80.2 Å². The topological polar surface area (TPSA) is 48.9 Å². The SMILES string of the molecule is CC(CN1CCN(c2cc(C(F)(F)F)c3scc(C(=O)N(C)C)c3n2)CC1)OCC1CC1. The van der Waals surface area contributed by atoms with Crippen LogP contribution < -0.4 is 4.90 Å². The van der Waals surface area contributed by atoms with Gasteiger partial charge in [0.15, 0.2) is 0 Å². The molecular formula is C22H29F3N4O2S. The summed E-state index contributed by atoms with van der Waals surface area (Å²) in [6.45, 7) is 6.31. The van der Waals surface area contributed by atoms with Crippen LogP contribution in [0.15, 0.2) is 11.4 Å². The minimum Gasteiger partial charge on any atom is -0.377 e. The Balaban J connectivity index is 1.51. The first-order chi connectivity index (χ1) is 15.1. The second-order valence-electron chi connectivity index (χ2n) is 8.93. The number of anilines is 1. The van der Waals surface area contributed by atoms with Gasteiger partial charge in [-0.1, -0.05) is 0 Å². The second-order valence-corrected chi connectivity index (χ2v) is 9.81. The van der Waals surface area contributed by atoms with Crippen LogP contribution in [0.1, 0.15) is 35.7 Å². The monoisotopic (exact) mass is 470 g/mol. The van der Waals surface area contributed by atoms with Gasteiger partial charge >= 0.3 is 6.18 Å². The van der Waals surface area contributed by atoms with Crippen LogP contribution in [0.4, 0.5) is 19.0 Å². The molecule has 1 unspecified atom stereocenters. The number of nitrogens with zero attached hydrogens (tertiary/aromatic N) is 4. The standard InChI is InChI=1S/C22H29F3N4O2S/c1-14(31-12-15-4-5-15)11-28-6-8-29(9-7-28)18-10-17(22(23,24)25)20-19(26-18)16(13-32-20)21(30)27(2)3/h10,13-15H,4-9,11-12H2,1-3H3. The third-order valence-corrected chi connectivity index (χ3v) is 6.98. The lowest BCUT2D eigenvalue weighted by atomic mass is 10.1. The highest BCUT2D eigenvalue weighted by Crippen LogP contribution is 2.40. The van der Waals surface area contributed by atoms with Crippen molar-refractivity contribution in [2.24, 2.45) is 5.92 Å². The van der Waals surface area contributed by atoms with E-state index in [1.165, 1.54) is 23.1 Å². The zero-order chi connectivity index (χ0) is 23.0. The molecule has 6 nitrogen and oxygen atoms in total. The molecule has 2 aromatic heterocycles. The number of aromatic nitrogens is 1. The van der Waals surface area contributed by atoms with Gasteiger partial charge in [-0.15, -0.1) is 11.3 Å². The highest BCUT2D eigenvalue weighted by atomic mass is 32.1. The molecule has 2 aliphatic rings. The fourth-order valence-corrected chi connectivity index (χ4v) is 4.94. The highest BCUT2D eigenvalue weighted by Gasteiger charge is 2.36. The molecule has 0 radical (unpaired) electrons. The van der Waals surface area contributed by atoms with Gasteiger partial charge in [0.2, 0.25) is 0 Å². The van der Waals surface area contributed by atoms with E-state index in [9.17, 15) is 18.0 Å². The van der Waals surface area contributed by atoms with Gasteiger partial charge in [0, 0.05) is 58.8 Å². The predicted molar refractivity (Wildman–Crippen MR) is 119 cm³/mol. The smallest absolute Gasteiger partial charge is 0.377 e. The van der Waals surface area contributed by atoms with Crippen molar-refractivity contribution in [2.75, 3.05) is 58.3 Å². The van der Waals surface area contributed by atoms with Crippen LogP contribution in [0.25, 0.3) is 10.2 Å². The maximum Gasteiger partial charge on any atom is 0.417 e. The number of carbonyl (C=O) groups excluding carboxylic acids is 1. The van der Waals surface area contributed by atoms with Crippen LogP contribution in [0, 0.1) is 5.92 Å². The van der Waals surface area contributed by atoms with Crippen molar-refractivity contribution < 1.29 is 22.7 Å². The summed E-state index contributed by atoms with van der Waals surface area (Å²) >= 11 is 0.916. The molecule has 1 amide bonds. The lowest BCUT2D eigenvalue weighted by Crippen LogP contribution is -2.48. The first kappa shape index (κ1) is 23.3. The van der Waals surface area contributed by atoms with Gasteiger partial charge in [0.25, 0.3) is 5.91 Å². The molecule has 0 bridgehead atoms. The summed E-state index contributed by atoms with van der Waals surface area (Å²) in [5.41, 5.74) is -0.393. The fraction of sp³-hybridized carbons (Fsp3) is 0.636. The van der Waals surface area contributed by atoms with E-state index < -0.39 is 11.7 Å². The summed E-state index contributed by atoms with van der Waals surface area (Å²) in [4.78, 5) is 22.5. The first-order valence-electron chi connectivity index (χ1n) is 10.9. The van der Waals surface area contributed by atoms with Gasteiger partial charge in [-0.2, -0.15) is 13.2 Å². The zero-order valence-electron chi connectivity index (χ0n) is 18.6. The third-order valence-electron chi connectivity index (χ3n) is 5.98. The Morgan fingerprint density at radius 2 is 1.97 bits per heavy atom. The Bertz CT molecular complexity index is 966. The van der Waals surface area contributed by atoms with Crippen molar-refractivity contribution >= 4 is 33.3 Å². The predicted octanol–water partition coefficient (Wildman–Crippen LogP) is 3.95. The number of carbonyl (C=O) groups is 1. The second kappa shape index (κ2) is 9.15. The average Bonchev–Trinajstić information content (AvgIpc) is 3.48. The molecule has 1 saturated heterocycles. The summed E-state index contributed by atoms with van der Waals surface area (Å²) in [5.74, 6) is 0.646. The van der Waals surface area contributed by atoms with Crippen LogP contribution in [-0.2, 0) is 10.9 Å². The van der Waals surface area contributed by atoms with Crippen molar-refractivity contribution in [2.45, 2.75) is 32.0 Å². The molecule has 32 heavy (non-hydrogen) atoms. The Labute approximate surface area is 189 Å². The Morgan fingerprint density at radius 1 is 1.28 bits per heavy atom. The summed E-state index contributed by atoms with van der Waals surface area (Å²) in [5, 5.41) is 1.47. The summed E-state index contributed by atoms with van der Waals surface area (Å²) < 4.78 is 47.4. The molecule has 0 N–H and O–H groups in total. The molecule has 1 aliphatic carbocycles. The van der Waals surface area contributed by atoms with Crippen molar-refractivity contribution in [1.82, 2.24) is 14.8 Å². The Hall–Kier alpha value is -1.91. The van der Waals surface area contributed by atoms with Gasteiger partial charge in [-0.25, -0.2) is 4.98 Å². The van der Waals surface area contributed by atoms with Crippen molar-refractivity contribution in [3.63, 3.8) is 0 Å². The maximum absolute atomic E-state index is 13.8. The molecule has 176 valence electrons. The van der Waals surface area contributed by atoms with E-state index >= 15 is 0 Å². The summed E-state index contributed by atoms with van der Waals surface area (Å²) in [6, 6.07) is 1.12. The molecule has 0 spiro atoms. The van der Waals surface area contributed by atoms with E-state index in [1.807, 2.05) is 4.90 Å². The number of thiophene rings is 1. The minimum absolute atomic E-state index is 0.00622. The molecule has 1 aliphatic heterocycles. The molecule has 10 heteroatoms. The van der Waals surface area contributed by atoms with E-state index in [0.717, 1.165) is 49.6 Å². The number of amides is 1. The Morgan fingerprint density at radius 3 is 2.56 bits per heavy atom. The number of ether oxygens (including phenoxy) is 1. The number of fused-ring (bicyclic) bond motifs is 1. The zero-order valence-corrected chi connectivity index (χ0v) is 19.4. The molecule has 2 aromatic rings. The highest BCUT2D eigenvalue weighted by molar-refractivity contribution is 7.17. The molecular weight excluding hydrogens is 441 g/mol. The van der Waals surface area contributed by atoms with Gasteiger partial charge < -0.3 is 14.5 Å². The average molecular weight is 471 g/mol. The number of piperazine rings is 1. The number of halogens is 3. The number of rotatable bonds is 7. The summed E-state index contributed by atoms with van der Waals surface area (Å²) in [7, 11) is 3.16. The van der Waals surface area contributed by atoms with E-state index in [-0.39, 0.29) is 33.6 Å². The van der Waals surface area contributed by atoms with E-state index in [2.05, 4.69) is 16.8 Å². The largest absolute Gasteiger partial charge is 0.417 e. The van der Waals surface area contributed by atoms with Crippen LogP contribution >= 0.6 is 11.3 Å². The van der Waals surface area contributed by atoms with Crippen molar-refractivity contribution in [1.29, 1.82) is 0 Å². The van der Waals surface area contributed by atoms with Crippen LogP contribution in [0.3, 0.4) is 0 Å². The molecule has 4 rings (SSSR count). The third kappa shape index (κ3) is 5.18. The Kier molecular flexibility index (Phi) is 6.65. The lowest BCUT2D eigenvalue weighted by Gasteiger charge is -2.36. The number of alkyl halides is 3. The van der Waals surface area contributed by atoms with Crippen LogP contribution in [0.5, 0.6) is 0 Å². The normalized spacial score (nSPS) is 18.9. The molecule has 3 heterocycles. The fourth-order valence-electron chi connectivity index (χ4n) is 3.92. The van der Waals surface area contributed by atoms with Gasteiger partial charge in [0.1, 0.15) is 5.82 Å². The van der Waals surface area contributed by atoms with Crippen molar-refractivity contribution in [3.8, 4) is 0 Å². The van der Waals surface area contributed by atoms with E-state index in [4.69, 9.17) is 4.74 Å². The maximum atomic E-state index is 13.8. The van der Waals surface area contributed by atoms with Crippen molar-refractivity contribution in [3.05, 3.63) is 22.6 Å². The van der Waals surface area contributed by atoms with E-state index in [0.29, 0.717) is 13.1 Å². The number of hydrogen-bond acceptors (Lipinski definition) is 6. The quantitative estimate of drug-likeness (QED) is 0.613. The molecule has 2 fully saturated rings. The minimum atomic E-state index is -4.52. The first-order valence-corrected chi connectivity index (χ1v) is 11.8. The van der Waals surface area contributed by atoms with Gasteiger partial charge in [-0.05, 0) is 31.7 Å². The molecule has 0 aromatic carbocycles. The summed E-state index contributed by atoms with van der Waals surface area (Å²) in [6.07, 6.45) is -1.86. The number of hydrogen-bond donors (Lipinski definition) is 0. The lowest BCUT2D eigenvalue weighted by molar-refractivity contribution is -0.136. The van der Waals surface area contributed by atoms with E-state index in [1.54, 1.807) is 14.1 Å².